The molecule has 0 heterocycles. The van der Waals surface area contributed by atoms with E-state index in [1.54, 1.807) is 13.0 Å². The van der Waals surface area contributed by atoms with E-state index in [1.165, 1.54) is 12.1 Å². The maximum Gasteiger partial charge on any atom is 0.128 e. The van der Waals surface area contributed by atoms with E-state index in [4.69, 9.17) is 4.74 Å². The molecule has 100 valence electrons. The van der Waals surface area contributed by atoms with Crippen LogP contribution in [0.3, 0.4) is 0 Å². The third-order valence-corrected chi connectivity index (χ3v) is 3.00. The molecular formula is C16H17FO2. The van der Waals surface area contributed by atoms with Crippen LogP contribution in [0.15, 0.2) is 48.5 Å². The molecule has 19 heavy (non-hydrogen) atoms. The Labute approximate surface area is 112 Å². The second kappa shape index (κ2) is 5.85. The Morgan fingerprint density at radius 2 is 1.74 bits per heavy atom. The number of aliphatic hydroxyl groups is 1. The Kier molecular flexibility index (Phi) is 4.17. The minimum atomic E-state index is -0.696. The highest BCUT2D eigenvalue weighted by atomic mass is 19.1. The lowest BCUT2D eigenvalue weighted by atomic mass is 10.1. The van der Waals surface area contributed by atoms with Gasteiger partial charge in [-0.3, -0.25) is 0 Å². The second-order valence-electron chi connectivity index (χ2n) is 4.53. The Hall–Kier alpha value is -1.87. The van der Waals surface area contributed by atoms with E-state index in [0.29, 0.717) is 11.3 Å². The highest BCUT2D eigenvalue weighted by Crippen LogP contribution is 2.30. The molecule has 0 spiro atoms. The Morgan fingerprint density at radius 1 is 1.05 bits per heavy atom. The zero-order chi connectivity index (χ0) is 13.8. The van der Waals surface area contributed by atoms with Crippen LogP contribution in [-0.4, -0.2) is 5.11 Å². The third-order valence-electron chi connectivity index (χ3n) is 3.00. The van der Waals surface area contributed by atoms with Gasteiger partial charge in [-0.15, -0.1) is 0 Å². The molecule has 2 aromatic rings. The maximum absolute atomic E-state index is 13.3. The number of benzene rings is 2. The van der Waals surface area contributed by atoms with Crippen LogP contribution in [0, 0.1) is 5.82 Å². The molecule has 0 aliphatic carbocycles. The van der Waals surface area contributed by atoms with Crippen LogP contribution in [0.5, 0.6) is 5.75 Å². The fourth-order valence-corrected chi connectivity index (χ4v) is 1.94. The molecule has 0 amide bonds. The van der Waals surface area contributed by atoms with Gasteiger partial charge in [0.15, 0.2) is 0 Å². The molecule has 0 fully saturated rings. The summed E-state index contributed by atoms with van der Waals surface area (Å²) in [6.45, 7) is 3.53. The molecule has 2 aromatic carbocycles. The molecule has 0 aromatic heterocycles. The molecule has 0 saturated carbocycles. The molecule has 0 saturated heterocycles. The molecule has 2 rings (SSSR count). The Morgan fingerprint density at radius 3 is 2.37 bits per heavy atom. The number of rotatable bonds is 4. The zero-order valence-corrected chi connectivity index (χ0v) is 11.0. The van der Waals surface area contributed by atoms with E-state index in [2.05, 4.69) is 0 Å². The standard InChI is InChI=1S/C16H17FO2/c1-11(18)15-9-8-14(17)10-16(15)19-12(2)13-6-4-3-5-7-13/h3-12,18H,1-2H3/t11-,12?/m1/s1. The summed E-state index contributed by atoms with van der Waals surface area (Å²) in [5.41, 5.74) is 1.59. The van der Waals surface area contributed by atoms with Gasteiger partial charge >= 0.3 is 0 Å². The van der Waals surface area contributed by atoms with E-state index in [0.717, 1.165) is 5.56 Å². The number of aliphatic hydroxyl groups excluding tert-OH is 1. The predicted molar refractivity (Wildman–Crippen MR) is 72.5 cm³/mol. The molecule has 0 radical (unpaired) electrons. The Bertz CT molecular complexity index is 538. The van der Waals surface area contributed by atoms with Crippen molar-refractivity contribution in [3.05, 3.63) is 65.5 Å². The van der Waals surface area contributed by atoms with Gasteiger partial charge in [0.25, 0.3) is 0 Å². The van der Waals surface area contributed by atoms with Crippen molar-refractivity contribution in [3.63, 3.8) is 0 Å². The lowest BCUT2D eigenvalue weighted by molar-refractivity contribution is 0.178. The van der Waals surface area contributed by atoms with Crippen molar-refractivity contribution < 1.29 is 14.2 Å². The van der Waals surface area contributed by atoms with Crippen LogP contribution in [0.2, 0.25) is 0 Å². The molecular weight excluding hydrogens is 243 g/mol. The average molecular weight is 260 g/mol. The summed E-state index contributed by atoms with van der Waals surface area (Å²) in [6, 6.07) is 13.9. The minimum Gasteiger partial charge on any atom is -0.486 e. The first kappa shape index (κ1) is 13.6. The van der Waals surface area contributed by atoms with Crippen molar-refractivity contribution in [1.29, 1.82) is 0 Å². The highest BCUT2D eigenvalue weighted by Gasteiger charge is 2.14. The minimum absolute atomic E-state index is 0.208. The highest BCUT2D eigenvalue weighted by molar-refractivity contribution is 5.36. The summed E-state index contributed by atoms with van der Waals surface area (Å²) in [4.78, 5) is 0. The van der Waals surface area contributed by atoms with Crippen LogP contribution >= 0.6 is 0 Å². The summed E-state index contributed by atoms with van der Waals surface area (Å²) in [5.74, 6) is 0.00557. The Balaban J connectivity index is 2.25. The van der Waals surface area contributed by atoms with Crippen LogP contribution in [-0.2, 0) is 0 Å². The first-order valence-electron chi connectivity index (χ1n) is 6.27. The van der Waals surface area contributed by atoms with Crippen LogP contribution in [0.4, 0.5) is 4.39 Å². The van der Waals surface area contributed by atoms with Gasteiger partial charge in [0, 0.05) is 11.6 Å². The SMILES string of the molecule is CC(Oc1cc(F)ccc1[C@@H](C)O)c1ccccc1. The summed E-state index contributed by atoms with van der Waals surface area (Å²) in [7, 11) is 0. The average Bonchev–Trinajstić information content (AvgIpc) is 2.39. The number of halogens is 1. The molecule has 1 N–H and O–H groups in total. The first-order valence-corrected chi connectivity index (χ1v) is 6.27. The normalized spacial score (nSPS) is 13.9. The monoisotopic (exact) mass is 260 g/mol. The zero-order valence-electron chi connectivity index (χ0n) is 11.0. The molecule has 0 bridgehead atoms. The molecule has 0 aliphatic heterocycles. The number of hydrogen-bond donors (Lipinski definition) is 1. The molecule has 3 heteroatoms. The van der Waals surface area contributed by atoms with Crippen molar-refractivity contribution in [2.45, 2.75) is 26.1 Å². The summed E-state index contributed by atoms with van der Waals surface area (Å²) >= 11 is 0. The van der Waals surface area contributed by atoms with E-state index in [1.807, 2.05) is 37.3 Å². The van der Waals surface area contributed by atoms with Gasteiger partial charge < -0.3 is 9.84 Å². The van der Waals surface area contributed by atoms with Crippen molar-refractivity contribution in [2.24, 2.45) is 0 Å². The lowest BCUT2D eigenvalue weighted by Gasteiger charge is -2.19. The fraction of sp³-hybridized carbons (Fsp3) is 0.250. The van der Waals surface area contributed by atoms with Crippen molar-refractivity contribution in [3.8, 4) is 5.75 Å². The van der Waals surface area contributed by atoms with Gasteiger partial charge in [-0.25, -0.2) is 4.39 Å². The van der Waals surface area contributed by atoms with Gasteiger partial charge in [0.05, 0.1) is 6.10 Å². The molecule has 2 nitrogen and oxygen atoms in total. The van der Waals surface area contributed by atoms with E-state index in [-0.39, 0.29) is 11.9 Å². The van der Waals surface area contributed by atoms with Gasteiger partial charge in [0.1, 0.15) is 17.7 Å². The molecule has 2 atom stereocenters. The predicted octanol–water partition coefficient (Wildman–Crippen LogP) is 4.02. The third kappa shape index (κ3) is 3.32. The topological polar surface area (TPSA) is 29.5 Å². The summed E-state index contributed by atoms with van der Waals surface area (Å²) in [5, 5.41) is 9.68. The number of hydrogen-bond acceptors (Lipinski definition) is 2. The molecule has 0 aliphatic rings. The van der Waals surface area contributed by atoms with E-state index < -0.39 is 6.10 Å². The molecule has 1 unspecified atom stereocenters. The smallest absolute Gasteiger partial charge is 0.128 e. The van der Waals surface area contributed by atoms with Crippen LogP contribution in [0.1, 0.15) is 37.2 Å². The van der Waals surface area contributed by atoms with Crippen LogP contribution in [0.25, 0.3) is 0 Å². The van der Waals surface area contributed by atoms with Gasteiger partial charge in [-0.2, -0.15) is 0 Å². The maximum atomic E-state index is 13.3. The van der Waals surface area contributed by atoms with E-state index >= 15 is 0 Å². The van der Waals surface area contributed by atoms with Crippen molar-refractivity contribution in [1.82, 2.24) is 0 Å². The van der Waals surface area contributed by atoms with Gasteiger partial charge in [-0.05, 0) is 31.5 Å². The van der Waals surface area contributed by atoms with E-state index in [9.17, 15) is 9.50 Å². The largest absolute Gasteiger partial charge is 0.486 e. The van der Waals surface area contributed by atoms with Gasteiger partial charge in [-0.1, -0.05) is 30.3 Å². The number of ether oxygens (including phenoxy) is 1. The first-order chi connectivity index (χ1) is 9.08. The lowest BCUT2D eigenvalue weighted by Crippen LogP contribution is -2.06. The fourth-order valence-electron chi connectivity index (χ4n) is 1.94. The van der Waals surface area contributed by atoms with Crippen molar-refractivity contribution >= 4 is 0 Å². The van der Waals surface area contributed by atoms with Gasteiger partial charge in [0.2, 0.25) is 0 Å². The summed E-state index contributed by atoms with van der Waals surface area (Å²) < 4.78 is 19.1. The van der Waals surface area contributed by atoms with Crippen LogP contribution < -0.4 is 4.74 Å². The summed E-state index contributed by atoms with van der Waals surface area (Å²) in [6.07, 6.45) is -0.904. The second-order valence-corrected chi connectivity index (χ2v) is 4.53. The van der Waals surface area contributed by atoms with Crippen molar-refractivity contribution in [2.75, 3.05) is 0 Å². The quantitative estimate of drug-likeness (QED) is 0.899.